The molecule has 2 heteroatoms. The molecule has 34 heavy (non-hydrogen) atoms. The Labute approximate surface area is 215 Å². The lowest BCUT2D eigenvalue weighted by Crippen LogP contribution is -1.93. The van der Waals surface area contributed by atoms with Crippen LogP contribution >= 0.6 is 31.9 Å². The van der Waals surface area contributed by atoms with Crippen molar-refractivity contribution < 1.29 is 0 Å². The lowest BCUT2D eigenvalue weighted by atomic mass is 9.82. The van der Waals surface area contributed by atoms with Gasteiger partial charge < -0.3 is 0 Å². The summed E-state index contributed by atoms with van der Waals surface area (Å²) in [6.45, 7) is 0. The average Bonchev–Trinajstić information content (AvgIpc) is 3.20. The van der Waals surface area contributed by atoms with Crippen LogP contribution in [-0.2, 0) is 0 Å². The molecule has 0 N–H and O–H groups in total. The molecule has 6 aromatic carbocycles. The van der Waals surface area contributed by atoms with Crippen LogP contribution in [0.2, 0.25) is 0 Å². The Morgan fingerprint density at radius 2 is 1.03 bits per heavy atom. The van der Waals surface area contributed by atoms with Crippen LogP contribution in [0.25, 0.3) is 66.1 Å². The Morgan fingerprint density at radius 3 is 1.71 bits per heavy atom. The highest BCUT2D eigenvalue weighted by Crippen LogP contribution is 2.58. The molecule has 0 spiro atoms. The van der Waals surface area contributed by atoms with E-state index in [1.165, 1.54) is 66.1 Å². The topological polar surface area (TPSA) is 0 Å². The lowest BCUT2D eigenvalue weighted by Gasteiger charge is -2.20. The van der Waals surface area contributed by atoms with Crippen molar-refractivity contribution in [3.63, 3.8) is 0 Å². The average molecular weight is 562 g/mol. The van der Waals surface area contributed by atoms with Crippen LogP contribution in [-0.4, -0.2) is 0 Å². The Kier molecular flexibility index (Phi) is 4.55. The van der Waals surface area contributed by atoms with Gasteiger partial charge in [0, 0.05) is 8.95 Å². The molecule has 0 atom stereocenters. The van der Waals surface area contributed by atoms with Crippen molar-refractivity contribution in [2.75, 3.05) is 0 Å². The smallest absolute Gasteiger partial charge is 0.0254 e. The molecule has 7 rings (SSSR count). The van der Waals surface area contributed by atoms with E-state index in [0.717, 1.165) is 8.95 Å². The number of hydrogen-bond donors (Lipinski definition) is 0. The molecular formula is C32H18Br2. The minimum absolute atomic E-state index is 1.09. The van der Waals surface area contributed by atoms with Crippen molar-refractivity contribution in [3.8, 4) is 44.5 Å². The van der Waals surface area contributed by atoms with Gasteiger partial charge in [0.2, 0.25) is 0 Å². The molecule has 0 aliphatic heterocycles. The Balaban J connectivity index is 1.78. The summed E-state index contributed by atoms with van der Waals surface area (Å²) in [6, 6.07) is 39.5. The summed E-state index contributed by atoms with van der Waals surface area (Å²) < 4.78 is 2.23. The Bertz CT molecular complexity index is 1750. The second-order valence-corrected chi connectivity index (χ2v) is 10.5. The molecule has 0 nitrogen and oxygen atoms in total. The second kappa shape index (κ2) is 7.66. The van der Waals surface area contributed by atoms with Crippen molar-refractivity contribution in [2.24, 2.45) is 0 Å². The number of benzene rings is 6. The maximum atomic E-state index is 3.81. The molecule has 0 saturated heterocycles. The van der Waals surface area contributed by atoms with Crippen LogP contribution in [0, 0.1) is 0 Å². The van der Waals surface area contributed by atoms with Gasteiger partial charge in [0.15, 0.2) is 0 Å². The summed E-state index contributed by atoms with van der Waals surface area (Å²) in [6.07, 6.45) is 0. The van der Waals surface area contributed by atoms with Crippen LogP contribution in [0.1, 0.15) is 0 Å². The van der Waals surface area contributed by atoms with Crippen LogP contribution in [0.4, 0.5) is 0 Å². The van der Waals surface area contributed by atoms with E-state index in [2.05, 4.69) is 141 Å². The van der Waals surface area contributed by atoms with Gasteiger partial charge in [-0.1, -0.05) is 123 Å². The zero-order valence-corrected chi connectivity index (χ0v) is 21.3. The van der Waals surface area contributed by atoms with Gasteiger partial charge in [0.1, 0.15) is 0 Å². The molecule has 0 saturated carbocycles. The van der Waals surface area contributed by atoms with Gasteiger partial charge in [-0.25, -0.2) is 0 Å². The van der Waals surface area contributed by atoms with E-state index < -0.39 is 0 Å². The second-order valence-electron chi connectivity index (χ2n) is 8.75. The molecule has 1 aliphatic carbocycles. The zero-order valence-electron chi connectivity index (χ0n) is 18.1. The first-order valence-corrected chi connectivity index (χ1v) is 12.9. The van der Waals surface area contributed by atoms with Crippen molar-refractivity contribution >= 4 is 53.4 Å². The maximum absolute atomic E-state index is 3.81. The number of fused-ring (bicyclic) bond motifs is 4. The van der Waals surface area contributed by atoms with E-state index in [1.807, 2.05) is 0 Å². The third kappa shape index (κ3) is 2.82. The minimum Gasteiger partial charge on any atom is -0.0622 e. The van der Waals surface area contributed by atoms with Crippen LogP contribution in [0.5, 0.6) is 0 Å². The lowest BCUT2D eigenvalue weighted by molar-refractivity contribution is 1.61. The Hall–Kier alpha value is -3.20. The molecule has 1 aliphatic rings. The van der Waals surface area contributed by atoms with Crippen molar-refractivity contribution in [2.45, 2.75) is 0 Å². The predicted molar refractivity (Wildman–Crippen MR) is 152 cm³/mol. The van der Waals surface area contributed by atoms with Gasteiger partial charge in [0.25, 0.3) is 0 Å². The van der Waals surface area contributed by atoms with Crippen LogP contribution < -0.4 is 0 Å². The number of halogens is 2. The van der Waals surface area contributed by atoms with Crippen LogP contribution in [0.3, 0.4) is 0 Å². The molecule has 0 unspecified atom stereocenters. The molecule has 0 heterocycles. The van der Waals surface area contributed by atoms with Gasteiger partial charge in [-0.15, -0.1) is 0 Å². The third-order valence-electron chi connectivity index (χ3n) is 6.92. The van der Waals surface area contributed by atoms with Gasteiger partial charge >= 0.3 is 0 Å². The molecular weight excluding hydrogens is 544 g/mol. The van der Waals surface area contributed by atoms with Gasteiger partial charge in [-0.05, 0) is 84.3 Å². The van der Waals surface area contributed by atoms with Gasteiger partial charge in [-0.3, -0.25) is 0 Å². The summed E-state index contributed by atoms with van der Waals surface area (Å²) >= 11 is 7.57. The zero-order chi connectivity index (χ0) is 22.8. The fourth-order valence-electron chi connectivity index (χ4n) is 5.60. The van der Waals surface area contributed by atoms with Gasteiger partial charge in [-0.2, -0.15) is 0 Å². The summed E-state index contributed by atoms with van der Waals surface area (Å²) in [4.78, 5) is 0. The standard InChI is InChI=1S/C32H18Br2/c33-21-14-15-22-26(18-21)29(20-10-5-2-6-11-20)32-25-16-17-27(34)23-12-7-13-24(30(23)25)31(32)28(22)19-8-3-1-4-9-19/h1-18H. The summed E-state index contributed by atoms with van der Waals surface area (Å²) in [5.74, 6) is 0. The fourth-order valence-corrected chi connectivity index (χ4v) is 6.42. The van der Waals surface area contributed by atoms with Gasteiger partial charge in [0.05, 0.1) is 0 Å². The minimum atomic E-state index is 1.09. The third-order valence-corrected chi connectivity index (χ3v) is 8.11. The first-order valence-electron chi connectivity index (χ1n) is 11.3. The SMILES string of the molecule is Brc1ccc2c(-c3ccccc3)c3c(c(-c4ccccc4)c2c1)-c1ccc(Br)c2cccc-3c12. The van der Waals surface area contributed by atoms with E-state index in [9.17, 15) is 0 Å². The van der Waals surface area contributed by atoms with Crippen LogP contribution in [0.15, 0.2) is 118 Å². The molecule has 6 aromatic rings. The predicted octanol–water partition coefficient (Wildman–Crippen LogP) is 10.5. The molecule has 160 valence electrons. The normalized spacial score (nSPS) is 11.8. The number of hydrogen-bond acceptors (Lipinski definition) is 0. The maximum Gasteiger partial charge on any atom is 0.0254 e. The quantitative estimate of drug-likeness (QED) is 0.197. The molecule has 0 bridgehead atoms. The summed E-state index contributed by atoms with van der Waals surface area (Å²) in [5.41, 5.74) is 10.4. The molecule has 0 fully saturated rings. The van der Waals surface area contributed by atoms with E-state index in [-0.39, 0.29) is 0 Å². The largest absolute Gasteiger partial charge is 0.0622 e. The highest BCUT2D eigenvalue weighted by molar-refractivity contribution is 9.11. The molecule has 0 amide bonds. The highest BCUT2D eigenvalue weighted by Gasteiger charge is 2.30. The van der Waals surface area contributed by atoms with Crippen molar-refractivity contribution in [1.82, 2.24) is 0 Å². The number of rotatable bonds is 2. The van der Waals surface area contributed by atoms with E-state index in [4.69, 9.17) is 0 Å². The van der Waals surface area contributed by atoms with Crippen molar-refractivity contribution in [1.29, 1.82) is 0 Å². The fraction of sp³-hybridized carbons (Fsp3) is 0. The highest BCUT2D eigenvalue weighted by atomic mass is 79.9. The van der Waals surface area contributed by atoms with E-state index in [0.29, 0.717) is 0 Å². The first-order chi connectivity index (χ1) is 16.7. The monoisotopic (exact) mass is 560 g/mol. The Morgan fingerprint density at radius 1 is 0.412 bits per heavy atom. The summed E-state index contributed by atoms with van der Waals surface area (Å²) in [5, 5.41) is 5.13. The first kappa shape index (κ1) is 20.2. The van der Waals surface area contributed by atoms with E-state index >= 15 is 0 Å². The van der Waals surface area contributed by atoms with Crippen molar-refractivity contribution in [3.05, 3.63) is 118 Å². The molecule has 0 aromatic heterocycles. The summed E-state index contributed by atoms with van der Waals surface area (Å²) in [7, 11) is 0. The molecule has 0 radical (unpaired) electrons. The van der Waals surface area contributed by atoms with E-state index in [1.54, 1.807) is 0 Å².